The molecule has 2 aromatic heterocycles. The zero-order valence-electron chi connectivity index (χ0n) is 14.5. The second kappa shape index (κ2) is 8.46. The van der Waals surface area contributed by atoms with Crippen LogP contribution in [0.5, 0.6) is 0 Å². The lowest BCUT2D eigenvalue weighted by Gasteiger charge is -2.07. The first-order chi connectivity index (χ1) is 13.0. The molecule has 2 amide bonds. The summed E-state index contributed by atoms with van der Waals surface area (Å²) in [6, 6.07) is 12.0. The number of nitrogens with one attached hydrogen (secondary N) is 2. The number of hydrogen-bond donors (Lipinski definition) is 2. The topological polar surface area (TPSA) is 97.1 Å². The third-order valence-electron chi connectivity index (χ3n) is 3.74. The molecular weight excluding hydrogens is 368 g/mol. The second-order valence-electron chi connectivity index (χ2n) is 5.84. The molecule has 0 aliphatic rings. The van der Waals surface area contributed by atoms with E-state index in [2.05, 4.69) is 20.8 Å². The molecule has 0 unspecified atom stereocenters. The summed E-state index contributed by atoms with van der Waals surface area (Å²) >= 11 is 5.85. The van der Waals surface area contributed by atoms with E-state index >= 15 is 0 Å². The Morgan fingerprint density at radius 1 is 1.11 bits per heavy atom. The van der Waals surface area contributed by atoms with Crippen LogP contribution in [0.15, 0.2) is 53.2 Å². The van der Waals surface area contributed by atoms with Gasteiger partial charge < -0.3 is 15.2 Å². The van der Waals surface area contributed by atoms with Crippen LogP contribution < -0.4 is 10.6 Å². The van der Waals surface area contributed by atoms with Crippen molar-refractivity contribution in [3.05, 3.63) is 76.3 Å². The average Bonchev–Trinajstić information content (AvgIpc) is 3.08. The quantitative estimate of drug-likeness (QED) is 0.679. The molecule has 0 saturated carbocycles. The molecule has 8 heteroatoms. The van der Waals surface area contributed by atoms with Crippen molar-refractivity contribution in [3.8, 4) is 0 Å². The normalized spacial score (nSPS) is 10.4. The molecule has 7 nitrogen and oxygen atoms in total. The van der Waals surface area contributed by atoms with Crippen LogP contribution in [0.2, 0.25) is 5.02 Å². The van der Waals surface area contributed by atoms with Crippen LogP contribution in [-0.4, -0.2) is 28.5 Å². The van der Waals surface area contributed by atoms with Gasteiger partial charge in [-0.3, -0.25) is 14.6 Å². The van der Waals surface area contributed by atoms with Crippen molar-refractivity contribution in [2.45, 2.75) is 13.3 Å². The van der Waals surface area contributed by atoms with Gasteiger partial charge in [0.1, 0.15) is 11.5 Å². The number of rotatable bonds is 6. The highest BCUT2D eigenvalue weighted by molar-refractivity contribution is 6.30. The highest BCUT2D eigenvalue weighted by atomic mass is 35.5. The molecule has 27 heavy (non-hydrogen) atoms. The van der Waals surface area contributed by atoms with Gasteiger partial charge in [-0.15, -0.1) is 0 Å². The summed E-state index contributed by atoms with van der Waals surface area (Å²) in [7, 11) is 0. The Kier molecular flexibility index (Phi) is 5.83. The maximum absolute atomic E-state index is 12.3. The lowest BCUT2D eigenvalue weighted by molar-refractivity contribution is 0.0949. The lowest BCUT2D eigenvalue weighted by atomic mass is 10.1. The van der Waals surface area contributed by atoms with Crippen LogP contribution in [0, 0.1) is 6.92 Å². The van der Waals surface area contributed by atoms with E-state index in [0.29, 0.717) is 35.1 Å². The van der Waals surface area contributed by atoms with Crippen molar-refractivity contribution < 1.29 is 14.1 Å². The van der Waals surface area contributed by atoms with Crippen molar-refractivity contribution in [2.24, 2.45) is 0 Å². The first-order valence-corrected chi connectivity index (χ1v) is 8.62. The number of nitrogens with zero attached hydrogens (tertiary/aromatic N) is 2. The van der Waals surface area contributed by atoms with Gasteiger partial charge in [-0.1, -0.05) is 28.9 Å². The molecule has 0 saturated heterocycles. The fraction of sp³-hybridized carbons (Fsp3) is 0.158. The van der Waals surface area contributed by atoms with Crippen molar-refractivity contribution in [3.63, 3.8) is 0 Å². The van der Waals surface area contributed by atoms with Gasteiger partial charge in [0.05, 0.1) is 0 Å². The minimum absolute atomic E-state index is 0.162. The lowest BCUT2D eigenvalue weighted by Crippen LogP contribution is -2.27. The third-order valence-corrected chi connectivity index (χ3v) is 3.99. The first-order valence-electron chi connectivity index (χ1n) is 8.24. The molecule has 0 fully saturated rings. The molecule has 0 spiro atoms. The Bertz CT molecular complexity index is 954. The van der Waals surface area contributed by atoms with Gasteiger partial charge in [0.15, 0.2) is 5.82 Å². The number of benzene rings is 1. The van der Waals surface area contributed by atoms with Gasteiger partial charge in [-0.2, -0.15) is 0 Å². The summed E-state index contributed by atoms with van der Waals surface area (Å²) in [4.78, 5) is 28.6. The molecule has 0 bridgehead atoms. The molecule has 0 aliphatic heterocycles. The number of pyridine rings is 1. The second-order valence-corrected chi connectivity index (χ2v) is 6.28. The summed E-state index contributed by atoms with van der Waals surface area (Å²) in [5.74, 6) is 0.140. The van der Waals surface area contributed by atoms with E-state index < -0.39 is 5.91 Å². The van der Waals surface area contributed by atoms with Crippen LogP contribution in [0.25, 0.3) is 0 Å². The molecule has 3 aromatic rings. The van der Waals surface area contributed by atoms with E-state index in [1.54, 1.807) is 25.1 Å². The Morgan fingerprint density at radius 3 is 2.59 bits per heavy atom. The molecule has 1 aromatic carbocycles. The zero-order chi connectivity index (χ0) is 19.2. The van der Waals surface area contributed by atoms with Gasteiger partial charge in [0.2, 0.25) is 0 Å². The van der Waals surface area contributed by atoms with E-state index in [9.17, 15) is 9.59 Å². The molecular formula is C19H17ClN4O3. The third kappa shape index (κ3) is 5.15. The van der Waals surface area contributed by atoms with E-state index in [1.165, 1.54) is 18.3 Å². The first kappa shape index (κ1) is 18.6. The molecule has 3 rings (SSSR count). The van der Waals surface area contributed by atoms with Gasteiger partial charge in [0, 0.05) is 29.4 Å². The average molecular weight is 385 g/mol. The maximum atomic E-state index is 12.3. The summed E-state index contributed by atoms with van der Waals surface area (Å²) in [5.41, 5.74) is 1.52. The van der Waals surface area contributed by atoms with Crippen molar-refractivity contribution >= 4 is 29.2 Å². The number of halogens is 1. The highest BCUT2D eigenvalue weighted by Gasteiger charge is 2.13. The van der Waals surface area contributed by atoms with Crippen LogP contribution in [-0.2, 0) is 6.42 Å². The monoisotopic (exact) mass is 384 g/mol. The number of carbonyl (C=O) groups excluding carboxylic acids is 2. The maximum Gasteiger partial charge on any atom is 0.269 e. The molecule has 0 aliphatic carbocycles. The van der Waals surface area contributed by atoms with Crippen LogP contribution in [0.3, 0.4) is 0 Å². The van der Waals surface area contributed by atoms with E-state index in [4.69, 9.17) is 16.1 Å². The van der Waals surface area contributed by atoms with Gasteiger partial charge in [0.25, 0.3) is 11.8 Å². The fourth-order valence-corrected chi connectivity index (χ4v) is 2.50. The van der Waals surface area contributed by atoms with E-state index in [-0.39, 0.29) is 11.6 Å². The van der Waals surface area contributed by atoms with Crippen molar-refractivity contribution in [2.75, 3.05) is 11.9 Å². The van der Waals surface area contributed by atoms with E-state index in [0.717, 1.165) is 5.56 Å². The van der Waals surface area contributed by atoms with E-state index in [1.807, 2.05) is 12.1 Å². The number of hydrogen-bond acceptors (Lipinski definition) is 5. The van der Waals surface area contributed by atoms with Gasteiger partial charge >= 0.3 is 0 Å². The van der Waals surface area contributed by atoms with Crippen molar-refractivity contribution in [1.29, 1.82) is 0 Å². The Morgan fingerprint density at radius 2 is 1.89 bits per heavy atom. The number of aromatic nitrogens is 2. The van der Waals surface area contributed by atoms with Gasteiger partial charge in [-0.05, 0) is 43.2 Å². The standard InChI is InChI=1S/C19H17ClN4O3/c1-12-10-17(24-27-12)23-18(25)14-7-9-21-16(11-14)19(26)22-8-6-13-2-4-15(20)5-3-13/h2-5,7,9-11H,6,8H2,1H3,(H,22,26)(H,23,24,25). The largest absolute Gasteiger partial charge is 0.360 e. The van der Waals surface area contributed by atoms with Crippen LogP contribution in [0.1, 0.15) is 32.2 Å². The summed E-state index contributed by atoms with van der Waals surface area (Å²) in [6.45, 7) is 2.17. The van der Waals surface area contributed by atoms with Gasteiger partial charge in [-0.25, -0.2) is 0 Å². The van der Waals surface area contributed by atoms with Crippen LogP contribution in [0.4, 0.5) is 5.82 Å². The predicted molar refractivity (Wildman–Crippen MR) is 101 cm³/mol. The minimum atomic E-state index is -0.402. The van der Waals surface area contributed by atoms with Crippen LogP contribution >= 0.6 is 11.6 Å². The summed E-state index contributed by atoms with van der Waals surface area (Å²) in [5, 5.41) is 9.76. The Labute approximate surface area is 160 Å². The zero-order valence-corrected chi connectivity index (χ0v) is 15.3. The molecule has 0 atom stereocenters. The SMILES string of the molecule is Cc1cc(NC(=O)c2ccnc(C(=O)NCCc3ccc(Cl)cc3)c2)no1. The minimum Gasteiger partial charge on any atom is -0.360 e. The Hall–Kier alpha value is -3.19. The predicted octanol–water partition coefficient (Wildman–Crippen LogP) is 3.26. The molecule has 138 valence electrons. The summed E-state index contributed by atoms with van der Waals surface area (Å²) < 4.78 is 4.90. The fourth-order valence-electron chi connectivity index (χ4n) is 2.37. The number of amides is 2. The molecule has 0 radical (unpaired) electrons. The smallest absolute Gasteiger partial charge is 0.269 e. The summed E-state index contributed by atoms with van der Waals surface area (Å²) in [6.07, 6.45) is 2.08. The Balaban J connectivity index is 1.57. The molecule has 2 heterocycles. The number of carbonyl (C=O) groups is 2. The molecule has 2 N–H and O–H groups in total. The highest BCUT2D eigenvalue weighted by Crippen LogP contribution is 2.11. The van der Waals surface area contributed by atoms with Crippen molar-refractivity contribution in [1.82, 2.24) is 15.5 Å². The number of aryl methyl sites for hydroxylation is 1. The number of anilines is 1.